The molecule has 0 aromatic carbocycles. The molecule has 3 heteroatoms. The van der Waals surface area contributed by atoms with E-state index in [1.54, 1.807) is 6.26 Å². The van der Waals surface area contributed by atoms with Gasteiger partial charge in [-0.1, -0.05) is 25.7 Å². The molecule has 1 atom stereocenters. The largest absolute Gasteiger partial charge is 0.467 e. The van der Waals surface area contributed by atoms with Crippen molar-refractivity contribution in [3.63, 3.8) is 0 Å². The summed E-state index contributed by atoms with van der Waals surface area (Å²) in [5.41, 5.74) is 0. The van der Waals surface area contributed by atoms with Crippen LogP contribution in [0.25, 0.3) is 0 Å². The van der Waals surface area contributed by atoms with Crippen LogP contribution in [0.1, 0.15) is 50.3 Å². The van der Waals surface area contributed by atoms with Crippen LogP contribution in [0.3, 0.4) is 0 Å². The van der Waals surface area contributed by atoms with Gasteiger partial charge in [-0.25, -0.2) is 0 Å². The van der Waals surface area contributed by atoms with Crippen LogP contribution in [0.15, 0.2) is 22.8 Å². The highest BCUT2D eigenvalue weighted by Gasteiger charge is 2.19. The number of rotatable bonds is 3. The molecule has 1 aromatic rings. The van der Waals surface area contributed by atoms with Crippen molar-refractivity contribution in [3.8, 4) is 6.07 Å². The Kier molecular flexibility index (Phi) is 4.01. The van der Waals surface area contributed by atoms with Crippen molar-refractivity contribution in [2.75, 3.05) is 0 Å². The maximum absolute atomic E-state index is 9.13. The minimum atomic E-state index is -0.293. The number of nitriles is 1. The maximum atomic E-state index is 9.13. The molecule has 0 saturated heterocycles. The van der Waals surface area contributed by atoms with E-state index in [1.807, 2.05) is 12.1 Å². The van der Waals surface area contributed by atoms with Gasteiger partial charge in [0.25, 0.3) is 0 Å². The van der Waals surface area contributed by atoms with E-state index in [0.29, 0.717) is 6.04 Å². The molecule has 0 spiro atoms. The first-order valence-corrected chi connectivity index (χ1v) is 6.09. The number of nitrogens with zero attached hydrogens (tertiary/aromatic N) is 1. The lowest BCUT2D eigenvalue weighted by Gasteiger charge is -2.18. The summed E-state index contributed by atoms with van der Waals surface area (Å²) >= 11 is 0. The van der Waals surface area contributed by atoms with Gasteiger partial charge in [-0.3, -0.25) is 5.32 Å². The van der Waals surface area contributed by atoms with Gasteiger partial charge in [0.15, 0.2) is 6.04 Å². The lowest BCUT2D eigenvalue weighted by Crippen LogP contribution is -2.31. The molecule has 1 aliphatic rings. The predicted octanol–water partition coefficient (Wildman–Crippen LogP) is 3.16. The Bertz CT molecular complexity index is 331. The van der Waals surface area contributed by atoms with Gasteiger partial charge in [0.1, 0.15) is 5.76 Å². The molecule has 1 heterocycles. The molecule has 0 amide bonds. The number of hydrogen-bond donors (Lipinski definition) is 1. The average Bonchev–Trinajstić information content (AvgIpc) is 2.71. The average molecular weight is 218 g/mol. The third kappa shape index (κ3) is 2.86. The van der Waals surface area contributed by atoms with Crippen molar-refractivity contribution in [2.24, 2.45) is 0 Å². The number of hydrogen-bond acceptors (Lipinski definition) is 3. The first-order valence-electron chi connectivity index (χ1n) is 6.09. The molecule has 1 aromatic heterocycles. The van der Waals surface area contributed by atoms with Gasteiger partial charge in [-0.2, -0.15) is 5.26 Å². The van der Waals surface area contributed by atoms with E-state index in [1.165, 1.54) is 38.5 Å². The molecule has 86 valence electrons. The third-order valence-electron chi connectivity index (χ3n) is 3.21. The number of furan rings is 1. The second-order valence-electron chi connectivity index (χ2n) is 4.43. The smallest absolute Gasteiger partial charge is 0.154 e. The van der Waals surface area contributed by atoms with E-state index >= 15 is 0 Å². The lowest BCUT2D eigenvalue weighted by atomic mass is 10.1. The monoisotopic (exact) mass is 218 g/mol. The summed E-state index contributed by atoms with van der Waals surface area (Å²) in [4.78, 5) is 0. The molecular weight excluding hydrogens is 200 g/mol. The molecule has 1 aliphatic carbocycles. The Hall–Kier alpha value is -1.27. The van der Waals surface area contributed by atoms with Gasteiger partial charge < -0.3 is 4.42 Å². The second kappa shape index (κ2) is 5.72. The minimum Gasteiger partial charge on any atom is -0.467 e. The van der Waals surface area contributed by atoms with Crippen molar-refractivity contribution in [1.29, 1.82) is 5.26 Å². The van der Waals surface area contributed by atoms with Gasteiger partial charge >= 0.3 is 0 Å². The zero-order valence-corrected chi connectivity index (χ0v) is 9.48. The molecule has 3 nitrogen and oxygen atoms in total. The highest BCUT2D eigenvalue weighted by atomic mass is 16.3. The van der Waals surface area contributed by atoms with Gasteiger partial charge in [0.2, 0.25) is 0 Å². The van der Waals surface area contributed by atoms with Gasteiger partial charge in [-0.05, 0) is 25.0 Å². The number of nitrogens with one attached hydrogen (secondary N) is 1. The van der Waals surface area contributed by atoms with Crippen LogP contribution in [0.2, 0.25) is 0 Å². The van der Waals surface area contributed by atoms with Crippen molar-refractivity contribution in [3.05, 3.63) is 24.2 Å². The van der Waals surface area contributed by atoms with E-state index in [-0.39, 0.29) is 6.04 Å². The third-order valence-corrected chi connectivity index (χ3v) is 3.21. The Morgan fingerprint density at radius 1 is 1.31 bits per heavy atom. The standard InChI is InChI=1S/C13H18N2O/c14-10-12(13-8-5-9-16-13)15-11-6-3-1-2-4-7-11/h5,8-9,11-12,15H,1-4,6-7H2. The topological polar surface area (TPSA) is 49.0 Å². The fraction of sp³-hybridized carbons (Fsp3) is 0.615. The molecule has 0 aliphatic heterocycles. The molecule has 0 radical (unpaired) electrons. The fourth-order valence-corrected chi connectivity index (χ4v) is 2.32. The zero-order chi connectivity index (χ0) is 11.2. The van der Waals surface area contributed by atoms with Crippen LogP contribution >= 0.6 is 0 Å². The SMILES string of the molecule is N#CC(NC1CCCCCC1)c1ccco1. The Morgan fingerprint density at radius 2 is 2.06 bits per heavy atom. The molecule has 1 unspecified atom stereocenters. The van der Waals surface area contributed by atoms with Crippen LogP contribution in [0, 0.1) is 11.3 Å². The molecular formula is C13H18N2O. The van der Waals surface area contributed by atoms with Crippen LogP contribution in [-0.2, 0) is 0 Å². The van der Waals surface area contributed by atoms with E-state index < -0.39 is 0 Å². The second-order valence-corrected chi connectivity index (χ2v) is 4.43. The Balaban J connectivity index is 1.93. The summed E-state index contributed by atoms with van der Waals surface area (Å²) in [5, 5.41) is 12.5. The molecule has 1 saturated carbocycles. The highest BCUT2D eigenvalue weighted by molar-refractivity contribution is 5.12. The van der Waals surface area contributed by atoms with Gasteiger partial charge in [0.05, 0.1) is 12.3 Å². The molecule has 16 heavy (non-hydrogen) atoms. The van der Waals surface area contributed by atoms with Gasteiger partial charge in [-0.15, -0.1) is 0 Å². The quantitative estimate of drug-likeness (QED) is 0.793. The molecule has 1 N–H and O–H groups in total. The van der Waals surface area contributed by atoms with E-state index in [2.05, 4.69) is 11.4 Å². The van der Waals surface area contributed by atoms with E-state index in [9.17, 15) is 0 Å². The summed E-state index contributed by atoms with van der Waals surface area (Å²) in [6, 6.07) is 6.13. The van der Waals surface area contributed by atoms with Crippen molar-refractivity contribution < 1.29 is 4.42 Å². The minimum absolute atomic E-state index is 0.293. The Labute approximate surface area is 96.4 Å². The highest BCUT2D eigenvalue weighted by Crippen LogP contribution is 2.21. The summed E-state index contributed by atoms with van der Waals surface area (Å²) in [6.07, 6.45) is 9.18. The van der Waals surface area contributed by atoms with Crippen LogP contribution in [0.4, 0.5) is 0 Å². The molecule has 1 fully saturated rings. The normalized spacial score (nSPS) is 19.9. The lowest BCUT2D eigenvalue weighted by molar-refractivity contribution is 0.390. The predicted molar refractivity (Wildman–Crippen MR) is 61.7 cm³/mol. The fourth-order valence-electron chi connectivity index (χ4n) is 2.32. The Morgan fingerprint density at radius 3 is 2.62 bits per heavy atom. The summed E-state index contributed by atoms with van der Waals surface area (Å²) in [6.45, 7) is 0. The maximum Gasteiger partial charge on any atom is 0.154 e. The first kappa shape index (κ1) is 11.2. The van der Waals surface area contributed by atoms with Crippen LogP contribution in [0.5, 0.6) is 0 Å². The van der Waals surface area contributed by atoms with Gasteiger partial charge in [0, 0.05) is 6.04 Å². The first-order chi connectivity index (χ1) is 7.90. The van der Waals surface area contributed by atoms with E-state index in [4.69, 9.17) is 9.68 Å². The van der Waals surface area contributed by atoms with Crippen LogP contribution < -0.4 is 5.32 Å². The van der Waals surface area contributed by atoms with Crippen LogP contribution in [-0.4, -0.2) is 6.04 Å². The summed E-state index contributed by atoms with van der Waals surface area (Å²) in [5.74, 6) is 0.728. The molecule has 2 rings (SSSR count). The van der Waals surface area contributed by atoms with Crippen molar-refractivity contribution in [1.82, 2.24) is 5.32 Å². The zero-order valence-electron chi connectivity index (χ0n) is 9.48. The van der Waals surface area contributed by atoms with Crippen molar-refractivity contribution >= 4 is 0 Å². The van der Waals surface area contributed by atoms with E-state index in [0.717, 1.165) is 5.76 Å². The molecule has 0 bridgehead atoms. The van der Waals surface area contributed by atoms with Crippen molar-refractivity contribution in [2.45, 2.75) is 50.6 Å². The summed E-state index contributed by atoms with van der Waals surface area (Å²) in [7, 11) is 0. The summed E-state index contributed by atoms with van der Waals surface area (Å²) < 4.78 is 5.27.